The Balaban J connectivity index is 1.63. The van der Waals surface area contributed by atoms with Crippen LogP contribution < -0.4 is 5.32 Å². The number of amides is 1. The van der Waals surface area contributed by atoms with Crippen molar-refractivity contribution in [3.63, 3.8) is 0 Å². The number of allylic oxidation sites excluding steroid dienone is 1. The summed E-state index contributed by atoms with van der Waals surface area (Å²) >= 11 is 0. The topological polar surface area (TPSA) is 59.8 Å². The smallest absolute Gasteiger partial charge is 0.269 e. The SMILES string of the molecule is C=C(C)Cn1c(CCCNC(=O)c2ccccn2)nc2ccccc21. The molecule has 5 nitrogen and oxygen atoms in total. The lowest BCUT2D eigenvalue weighted by Gasteiger charge is -2.09. The maximum Gasteiger partial charge on any atom is 0.269 e. The van der Waals surface area contributed by atoms with Gasteiger partial charge in [0.15, 0.2) is 0 Å². The van der Waals surface area contributed by atoms with E-state index in [2.05, 4.69) is 27.5 Å². The molecule has 2 aromatic heterocycles. The maximum atomic E-state index is 12.0. The number of rotatable bonds is 7. The fourth-order valence-electron chi connectivity index (χ4n) is 2.80. The van der Waals surface area contributed by atoms with Crippen LogP contribution in [0.1, 0.15) is 29.7 Å². The highest BCUT2D eigenvalue weighted by Crippen LogP contribution is 2.18. The molecule has 0 aliphatic rings. The Bertz CT molecular complexity index is 883. The van der Waals surface area contributed by atoms with E-state index in [1.807, 2.05) is 31.2 Å². The van der Waals surface area contributed by atoms with Crippen LogP contribution in [0.15, 0.2) is 60.8 Å². The van der Waals surface area contributed by atoms with Crippen molar-refractivity contribution in [1.82, 2.24) is 19.9 Å². The predicted octanol–water partition coefficient (Wildman–Crippen LogP) is 3.37. The van der Waals surface area contributed by atoms with Crippen LogP contribution in [-0.4, -0.2) is 27.0 Å². The molecular formula is C20H22N4O. The van der Waals surface area contributed by atoms with E-state index in [9.17, 15) is 4.79 Å². The monoisotopic (exact) mass is 334 g/mol. The summed E-state index contributed by atoms with van der Waals surface area (Å²) in [7, 11) is 0. The molecule has 0 radical (unpaired) electrons. The van der Waals surface area contributed by atoms with E-state index in [0.29, 0.717) is 12.2 Å². The van der Waals surface area contributed by atoms with Crippen molar-refractivity contribution in [2.75, 3.05) is 6.54 Å². The van der Waals surface area contributed by atoms with Crippen LogP contribution in [0, 0.1) is 0 Å². The zero-order chi connectivity index (χ0) is 17.6. The summed E-state index contributed by atoms with van der Waals surface area (Å²) in [5.41, 5.74) is 3.65. The molecule has 0 fully saturated rings. The molecule has 3 aromatic rings. The molecule has 0 aliphatic carbocycles. The summed E-state index contributed by atoms with van der Waals surface area (Å²) in [6.07, 6.45) is 3.23. The summed E-state index contributed by atoms with van der Waals surface area (Å²) in [6, 6.07) is 13.4. The Morgan fingerprint density at radius 1 is 1.20 bits per heavy atom. The van der Waals surface area contributed by atoms with Crippen LogP contribution >= 0.6 is 0 Å². The number of nitrogens with one attached hydrogen (secondary N) is 1. The Morgan fingerprint density at radius 2 is 2.00 bits per heavy atom. The Hall–Kier alpha value is -2.95. The molecule has 0 atom stereocenters. The van der Waals surface area contributed by atoms with E-state index in [4.69, 9.17) is 4.98 Å². The fraction of sp³-hybridized carbons (Fsp3) is 0.250. The minimum absolute atomic E-state index is 0.143. The summed E-state index contributed by atoms with van der Waals surface area (Å²) in [5, 5.41) is 2.91. The minimum Gasteiger partial charge on any atom is -0.351 e. The predicted molar refractivity (Wildman–Crippen MR) is 99.4 cm³/mol. The van der Waals surface area contributed by atoms with Gasteiger partial charge in [-0.15, -0.1) is 0 Å². The van der Waals surface area contributed by atoms with Crippen LogP contribution in [0.4, 0.5) is 0 Å². The van der Waals surface area contributed by atoms with Gasteiger partial charge in [-0.25, -0.2) is 4.98 Å². The molecule has 0 spiro atoms. The van der Waals surface area contributed by atoms with Crippen LogP contribution in [0.2, 0.25) is 0 Å². The van der Waals surface area contributed by atoms with Gasteiger partial charge in [-0.2, -0.15) is 0 Å². The number of carbonyl (C=O) groups is 1. The lowest BCUT2D eigenvalue weighted by Crippen LogP contribution is -2.25. The third-order valence-corrected chi connectivity index (χ3v) is 3.92. The minimum atomic E-state index is -0.143. The first-order valence-corrected chi connectivity index (χ1v) is 8.43. The number of pyridine rings is 1. The van der Waals surface area contributed by atoms with Gasteiger partial charge in [0.05, 0.1) is 11.0 Å². The van der Waals surface area contributed by atoms with Gasteiger partial charge in [0.1, 0.15) is 11.5 Å². The molecule has 0 saturated heterocycles. The molecule has 25 heavy (non-hydrogen) atoms. The molecule has 0 unspecified atom stereocenters. The molecule has 0 bridgehead atoms. The standard InChI is InChI=1S/C20H22N4O/c1-15(2)14-24-18-10-4-3-8-16(18)23-19(24)11-7-13-22-20(25)17-9-5-6-12-21-17/h3-6,8-10,12H,1,7,11,13-14H2,2H3,(H,22,25). The van der Waals surface area contributed by atoms with Gasteiger partial charge < -0.3 is 9.88 Å². The molecule has 2 heterocycles. The highest BCUT2D eigenvalue weighted by Gasteiger charge is 2.11. The van der Waals surface area contributed by atoms with Gasteiger partial charge in [0.2, 0.25) is 0 Å². The van der Waals surface area contributed by atoms with Crippen molar-refractivity contribution >= 4 is 16.9 Å². The Kier molecular flexibility index (Phi) is 5.23. The number of aryl methyl sites for hydroxylation is 1. The number of nitrogens with zero attached hydrogens (tertiary/aromatic N) is 3. The Labute approximate surface area is 147 Å². The average Bonchev–Trinajstić information content (AvgIpc) is 2.96. The zero-order valence-corrected chi connectivity index (χ0v) is 14.4. The van der Waals surface area contributed by atoms with Gasteiger partial charge in [0, 0.05) is 25.7 Å². The summed E-state index contributed by atoms with van der Waals surface area (Å²) in [5.74, 6) is 0.882. The van der Waals surface area contributed by atoms with Gasteiger partial charge >= 0.3 is 0 Å². The van der Waals surface area contributed by atoms with Crippen LogP contribution in [0.25, 0.3) is 11.0 Å². The van der Waals surface area contributed by atoms with Crippen molar-refractivity contribution < 1.29 is 4.79 Å². The van der Waals surface area contributed by atoms with Crippen molar-refractivity contribution in [1.29, 1.82) is 0 Å². The van der Waals surface area contributed by atoms with E-state index in [1.165, 1.54) is 0 Å². The van der Waals surface area contributed by atoms with Gasteiger partial charge in [-0.05, 0) is 37.6 Å². The van der Waals surface area contributed by atoms with E-state index in [1.54, 1.807) is 18.3 Å². The van der Waals surface area contributed by atoms with E-state index < -0.39 is 0 Å². The number of para-hydroxylation sites is 2. The van der Waals surface area contributed by atoms with Gasteiger partial charge in [0.25, 0.3) is 5.91 Å². The van der Waals surface area contributed by atoms with Crippen LogP contribution in [0.5, 0.6) is 0 Å². The van der Waals surface area contributed by atoms with Crippen molar-refractivity contribution in [2.24, 2.45) is 0 Å². The first kappa shape index (κ1) is 16.9. The molecule has 0 saturated carbocycles. The number of hydrogen-bond acceptors (Lipinski definition) is 3. The average molecular weight is 334 g/mol. The third kappa shape index (κ3) is 4.12. The zero-order valence-electron chi connectivity index (χ0n) is 14.4. The highest BCUT2D eigenvalue weighted by molar-refractivity contribution is 5.92. The number of aromatic nitrogens is 3. The molecule has 1 N–H and O–H groups in total. The first-order valence-electron chi connectivity index (χ1n) is 8.43. The molecule has 1 amide bonds. The van der Waals surface area contributed by atoms with E-state index in [0.717, 1.165) is 41.8 Å². The number of benzene rings is 1. The summed E-state index contributed by atoms with van der Waals surface area (Å²) in [6.45, 7) is 7.39. The molecule has 0 aliphatic heterocycles. The van der Waals surface area contributed by atoms with Crippen molar-refractivity contribution in [3.05, 3.63) is 72.3 Å². The quantitative estimate of drug-likeness (QED) is 0.532. The molecule has 3 rings (SSSR count). The van der Waals surface area contributed by atoms with Crippen molar-refractivity contribution in [3.8, 4) is 0 Å². The van der Waals surface area contributed by atoms with Crippen molar-refractivity contribution in [2.45, 2.75) is 26.3 Å². The maximum absolute atomic E-state index is 12.0. The van der Waals surface area contributed by atoms with Crippen LogP contribution in [-0.2, 0) is 13.0 Å². The number of hydrogen-bond donors (Lipinski definition) is 1. The normalized spacial score (nSPS) is 10.8. The second kappa shape index (κ2) is 7.75. The number of carbonyl (C=O) groups excluding carboxylic acids is 1. The second-order valence-electron chi connectivity index (χ2n) is 6.13. The third-order valence-electron chi connectivity index (χ3n) is 3.92. The van der Waals surface area contributed by atoms with Gasteiger partial charge in [-0.1, -0.05) is 30.4 Å². The molecule has 5 heteroatoms. The molecular weight excluding hydrogens is 312 g/mol. The summed E-state index contributed by atoms with van der Waals surface area (Å²) < 4.78 is 2.21. The lowest BCUT2D eigenvalue weighted by molar-refractivity contribution is 0.0948. The van der Waals surface area contributed by atoms with E-state index in [-0.39, 0.29) is 5.91 Å². The van der Waals surface area contributed by atoms with Crippen LogP contribution in [0.3, 0.4) is 0 Å². The fourth-order valence-corrected chi connectivity index (χ4v) is 2.80. The summed E-state index contributed by atoms with van der Waals surface area (Å²) in [4.78, 5) is 20.8. The highest BCUT2D eigenvalue weighted by atomic mass is 16.1. The number of imidazole rings is 1. The van der Waals surface area contributed by atoms with Gasteiger partial charge in [-0.3, -0.25) is 9.78 Å². The van der Waals surface area contributed by atoms with E-state index >= 15 is 0 Å². The molecule has 1 aromatic carbocycles. The number of fused-ring (bicyclic) bond motifs is 1. The Morgan fingerprint density at radius 3 is 2.76 bits per heavy atom. The second-order valence-corrected chi connectivity index (χ2v) is 6.13. The largest absolute Gasteiger partial charge is 0.351 e. The molecule has 128 valence electrons. The lowest BCUT2D eigenvalue weighted by atomic mass is 10.2. The first-order chi connectivity index (χ1) is 12.1.